The monoisotopic (exact) mass is 178 g/mol. The van der Waals surface area contributed by atoms with Crippen molar-refractivity contribution in [3.8, 4) is 0 Å². The molecule has 0 unspecified atom stereocenters. The average Bonchev–Trinajstić information content (AvgIpc) is 1.78. The Bertz CT molecular complexity index is 250. The average molecular weight is 178 g/mol. The van der Waals surface area contributed by atoms with Crippen LogP contribution in [0.25, 0.3) is 0 Å². The van der Waals surface area contributed by atoms with Gasteiger partial charge in [0.05, 0.1) is 0 Å². The first-order valence-corrected chi connectivity index (χ1v) is 4.87. The van der Waals surface area contributed by atoms with E-state index in [-0.39, 0.29) is 6.61 Å². The van der Waals surface area contributed by atoms with E-state index >= 15 is 0 Å². The van der Waals surface area contributed by atoms with Gasteiger partial charge in [0, 0.05) is 18.6 Å². The van der Waals surface area contributed by atoms with Crippen molar-refractivity contribution in [1.29, 1.82) is 0 Å². The zero-order valence-electron chi connectivity index (χ0n) is 6.40. The molecule has 0 N–H and O–H groups in total. The van der Waals surface area contributed by atoms with Gasteiger partial charge in [0.25, 0.3) is 0 Å². The molecule has 0 spiro atoms. The van der Waals surface area contributed by atoms with Crippen LogP contribution >= 0.6 is 0 Å². The molecule has 0 saturated carbocycles. The predicted molar refractivity (Wildman–Crippen MR) is 40.6 cm³/mol. The van der Waals surface area contributed by atoms with Gasteiger partial charge >= 0.3 is 5.97 Å². The fourth-order valence-electron chi connectivity index (χ4n) is 0.380. The standard InChI is InChI=1S/C6H10O4S/c1-6(7)10-4-3-5-11(2,8)9/h3,5H,4H2,1-2H3. The number of ether oxygens (including phenoxy) is 1. The minimum absolute atomic E-state index is 0.00238. The molecule has 0 aromatic rings. The lowest BCUT2D eigenvalue weighted by Gasteiger charge is -1.93. The third-order valence-corrected chi connectivity index (χ3v) is 1.41. The zero-order valence-corrected chi connectivity index (χ0v) is 7.22. The van der Waals surface area contributed by atoms with Crippen LogP contribution in [0.2, 0.25) is 0 Å². The Morgan fingerprint density at radius 2 is 2.09 bits per heavy atom. The molecule has 11 heavy (non-hydrogen) atoms. The number of hydrogen-bond acceptors (Lipinski definition) is 4. The highest BCUT2D eigenvalue weighted by Crippen LogP contribution is 1.86. The van der Waals surface area contributed by atoms with E-state index in [1.807, 2.05) is 0 Å². The first-order valence-electron chi connectivity index (χ1n) is 2.92. The molecule has 0 aliphatic carbocycles. The van der Waals surface area contributed by atoms with Crippen LogP contribution < -0.4 is 0 Å². The lowest BCUT2D eigenvalue weighted by atomic mass is 10.7. The van der Waals surface area contributed by atoms with Crippen LogP contribution in [0, 0.1) is 0 Å². The van der Waals surface area contributed by atoms with Crippen molar-refractivity contribution in [2.24, 2.45) is 0 Å². The van der Waals surface area contributed by atoms with Gasteiger partial charge in [-0.15, -0.1) is 0 Å². The van der Waals surface area contributed by atoms with E-state index < -0.39 is 15.8 Å². The first-order chi connectivity index (χ1) is 4.92. The molecule has 0 amide bonds. The van der Waals surface area contributed by atoms with E-state index in [0.717, 1.165) is 11.7 Å². The van der Waals surface area contributed by atoms with Crippen LogP contribution in [0.3, 0.4) is 0 Å². The summed E-state index contributed by atoms with van der Waals surface area (Å²) in [5.41, 5.74) is 0. The largest absolute Gasteiger partial charge is 0.462 e. The number of rotatable bonds is 3. The first kappa shape index (κ1) is 10.2. The van der Waals surface area contributed by atoms with E-state index in [0.29, 0.717) is 0 Å². The zero-order chi connectivity index (χ0) is 8.91. The summed E-state index contributed by atoms with van der Waals surface area (Å²) in [4.78, 5) is 10.2. The van der Waals surface area contributed by atoms with Crippen molar-refractivity contribution < 1.29 is 17.9 Å². The highest BCUT2D eigenvalue weighted by molar-refractivity contribution is 7.93. The summed E-state index contributed by atoms with van der Waals surface area (Å²) in [5, 5.41) is 0.996. The minimum Gasteiger partial charge on any atom is -0.462 e. The van der Waals surface area contributed by atoms with Crippen LogP contribution in [0.4, 0.5) is 0 Å². The van der Waals surface area contributed by atoms with Gasteiger partial charge in [-0.2, -0.15) is 0 Å². The molecule has 4 nitrogen and oxygen atoms in total. The molecule has 0 radical (unpaired) electrons. The highest BCUT2D eigenvalue weighted by Gasteiger charge is 1.92. The molecule has 0 rings (SSSR count). The summed E-state index contributed by atoms with van der Waals surface area (Å²) in [5.74, 6) is -0.428. The number of hydrogen-bond donors (Lipinski definition) is 0. The number of carbonyl (C=O) groups is 1. The van der Waals surface area contributed by atoms with Gasteiger partial charge in [0.15, 0.2) is 9.84 Å². The van der Waals surface area contributed by atoms with E-state index in [1.165, 1.54) is 13.0 Å². The van der Waals surface area contributed by atoms with Crippen molar-refractivity contribution in [2.45, 2.75) is 6.92 Å². The normalized spacial score (nSPS) is 11.8. The molecule has 64 valence electrons. The van der Waals surface area contributed by atoms with Gasteiger partial charge in [0.1, 0.15) is 6.61 Å². The van der Waals surface area contributed by atoms with Crippen molar-refractivity contribution in [3.63, 3.8) is 0 Å². The fraction of sp³-hybridized carbons (Fsp3) is 0.500. The number of esters is 1. The fourth-order valence-corrected chi connectivity index (χ4v) is 0.808. The molecule has 0 atom stereocenters. The van der Waals surface area contributed by atoms with Crippen LogP contribution in [0.5, 0.6) is 0 Å². The Morgan fingerprint density at radius 1 is 1.55 bits per heavy atom. The lowest BCUT2D eigenvalue weighted by Crippen LogP contribution is -1.98. The van der Waals surface area contributed by atoms with Crippen LogP contribution in [0.1, 0.15) is 6.92 Å². The topological polar surface area (TPSA) is 60.4 Å². The maximum atomic E-state index is 10.4. The maximum absolute atomic E-state index is 10.4. The van der Waals surface area contributed by atoms with Crippen molar-refractivity contribution in [2.75, 3.05) is 12.9 Å². The predicted octanol–water partition coefficient (Wildman–Crippen LogP) is 0.108. The Morgan fingerprint density at radius 3 is 2.45 bits per heavy atom. The molecule has 0 bridgehead atoms. The third-order valence-electron chi connectivity index (χ3n) is 0.726. The van der Waals surface area contributed by atoms with Crippen LogP contribution in [0.15, 0.2) is 11.5 Å². The maximum Gasteiger partial charge on any atom is 0.302 e. The second-order valence-corrected chi connectivity index (χ2v) is 3.94. The summed E-state index contributed by atoms with van der Waals surface area (Å²) in [6.45, 7) is 1.26. The molecule has 0 aromatic heterocycles. The molecular weight excluding hydrogens is 168 g/mol. The van der Waals surface area contributed by atoms with Crippen molar-refractivity contribution >= 4 is 15.8 Å². The molecule has 0 saturated heterocycles. The van der Waals surface area contributed by atoms with Gasteiger partial charge in [0.2, 0.25) is 0 Å². The van der Waals surface area contributed by atoms with Crippen LogP contribution in [-0.4, -0.2) is 27.2 Å². The van der Waals surface area contributed by atoms with Gasteiger partial charge in [-0.05, 0) is 6.08 Å². The van der Waals surface area contributed by atoms with Gasteiger partial charge in [-0.3, -0.25) is 4.79 Å². The second-order valence-electron chi connectivity index (χ2n) is 2.00. The molecule has 0 aliphatic rings. The number of carbonyl (C=O) groups excluding carboxylic acids is 1. The van der Waals surface area contributed by atoms with E-state index in [1.54, 1.807) is 0 Å². The van der Waals surface area contributed by atoms with Crippen molar-refractivity contribution in [3.05, 3.63) is 11.5 Å². The van der Waals surface area contributed by atoms with Crippen molar-refractivity contribution in [1.82, 2.24) is 0 Å². The summed E-state index contributed by atoms with van der Waals surface area (Å²) in [6.07, 6.45) is 2.34. The summed E-state index contributed by atoms with van der Waals surface area (Å²) >= 11 is 0. The summed E-state index contributed by atoms with van der Waals surface area (Å²) in [7, 11) is -3.09. The molecular formula is C6H10O4S. The minimum atomic E-state index is -3.09. The van der Waals surface area contributed by atoms with E-state index in [9.17, 15) is 13.2 Å². The third kappa shape index (κ3) is 9.16. The smallest absolute Gasteiger partial charge is 0.302 e. The van der Waals surface area contributed by atoms with E-state index in [4.69, 9.17) is 0 Å². The Hall–Kier alpha value is -0.840. The summed E-state index contributed by atoms with van der Waals surface area (Å²) < 4.78 is 25.3. The second kappa shape index (κ2) is 4.12. The molecule has 0 heterocycles. The molecule has 0 aliphatic heterocycles. The van der Waals surface area contributed by atoms with Crippen LogP contribution in [-0.2, 0) is 19.4 Å². The SMILES string of the molecule is CC(=O)OCC=CS(C)(=O)=O. The van der Waals surface area contributed by atoms with Gasteiger partial charge < -0.3 is 4.74 Å². The number of sulfone groups is 1. The van der Waals surface area contributed by atoms with E-state index in [2.05, 4.69) is 4.74 Å². The molecule has 0 fully saturated rings. The Kier molecular flexibility index (Phi) is 3.81. The lowest BCUT2D eigenvalue weighted by molar-refractivity contribution is -0.139. The highest BCUT2D eigenvalue weighted by atomic mass is 32.2. The molecule has 5 heteroatoms. The summed E-state index contributed by atoms with van der Waals surface area (Å²) in [6, 6.07) is 0. The Labute approximate surface area is 65.8 Å². The Balaban J connectivity index is 3.72. The molecule has 0 aromatic carbocycles. The van der Waals surface area contributed by atoms with Gasteiger partial charge in [-0.25, -0.2) is 8.42 Å². The quantitative estimate of drug-likeness (QED) is 0.575. The van der Waals surface area contributed by atoms with Gasteiger partial charge in [-0.1, -0.05) is 0 Å².